The van der Waals surface area contributed by atoms with Gasteiger partial charge in [0, 0.05) is 5.38 Å². The minimum Gasteiger partial charge on any atom is -0.123 e. The quantitative estimate of drug-likeness (QED) is 0.436. The molecule has 0 saturated heterocycles. The van der Waals surface area contributed by atoms with Crippen LogP contribution in [0.25, 0.3) is 0 Å². The second-order valence-corrected chi connectivity index (χ2v) is 5.42. The van der Waals surface area contributed by atoms with Crippen molar-refractivity contribution >= 4 is 11.6 Å². The van der Waals surface area contributed by atoms with Gasteiger partial charge in [-0.1, -0.05) is 44.9 Å². The van der Waals surface area contributed by atoms with Gasteiger partial charge in [0.15, 0.2) is 0 Å². The predicted octanol–water partition coefficient (Wildman–Crippen LogP) is 4.36. The van der Waals surface area contributed by atoms with Crippen LogP contribution in [0.1, 0.15) is 57.8 Å². The Morgan fingerprint density at radius 2 is 1.38 bits per heavy atom. The Morgan fingerprint density at radius 3 is 1.92 bits per heavy atom. The van der Waals surface area contributed by atoms with Crippen molar-refractivity contribution in [1.29, 1.82) is 0 Å². The van der Waals surface area contributed by atoms with Crippen LogP contribution in [0.5, 0.6) is 0 Å². The van der Waals surface area contributed by atoms with Crippen molar-refractivity contribution in [3.63, 3.8) is 0 Å². The van der Waals surface area contributed by atoms with Crippen molar-refractivity contribution < 1.29 is 0 Å². The summed E-state index contributed by atoms with van der Waals surface area (Å²) in [5.41, 5.74) is 0. The zero-order valence-electron chi connectivity index (χ0n) is 8.47. The highest BCUT2D eigenvalue weighted by Gasteiger charge is 2.32. The molecule has 2 unspecified atom stereocenters. The molecular formula is C12H21Cl. The van der Waals surface area contributed by atoms with Crippen molar-refractivity contribution in [2.75, 3.05) is 0 Å². The third kappa shape index (κ3) is 2.40. The summed E-state index contributed by atoms with van der Waals surface area (Å²) in [5.74, 6) is 1.85. The average molecular weight is 201 g/mol. The van der Waals surface area contributed by atoms with E-state index in [1.807, 2.05) is 0 Å². The molecule has 2 atom stereocenters. The molecule has 2 fully saturated rings. The number of hydrogen-bond acceptors (Lipinski definition) is 0. The molecular weight excluding hydrogens is 180 g/mol. The minimum absolute atomic E-state index is 0.517. The predicted molar refractivity (Wildman–Crippen MR) is 58.2 cm³/mol. The molecule has 2 aliphatic rings. The molecule has 76 valence electrons. The third-order valence-corrected chi connectivity index (χ3v) is 4.53. The summed E-state index contributed by atoms with van der Waals surface area (Å²) in [4.78, 5) is 0. The highest BCUT2D eigenvalue weighted by molar-refractivity contribution is 6.20. The lowest BCUT2D eigenvalue weighted by Crippen LogP contribution is -2.18. The van der Waals surface area contributed by atoms with Crippen LogP contribution in [-0.4, -0.2) is 5.38 Å². The standard InChI is InChI=1S/C12H21Cl/c13-12-9-5-8-11(12)10-6-3-1-2-4-7-10/h10-12H,1-9H2. The molecule has 2 rings (SSSR count). The Hall–Kier alpha value is 0.290. The van der Waals surface area contributed by atoms with Gasteiger partial charge < -0.3 is 0 Å². The van der Waals surface area contributed by atoms with E-state index in [0.29, 0.717) is 5.38 Å². The molecule has 0 aliphatic heterocycles. The van der Waals surface area contributed by atoms with Crippen molar-refractivity contribution in [2.45, 2.75) is 63.2 Å². The third-order valence-electron chi connectivity index (χ3n) is 3.99. The van der Waals surface area contributed by atoms with Crippen LogP contribution in [-0.2, 0) is 0 Å². The molecule has 2 aliphatic carbocycles. The van der Waals surface area contributed by atoms with E-state index in [2.05, 4.69) is 0 Å². The topological polar surface area (TPSA) is 0 Å². The van der Waals surface area contributed by atoms with Gasteiger partial charge in [-0.25, -0.2) is 0 Å². The first-order valence-corrected chi connectivity index (χ1v) is 6.45. The number of rotatable bonds is 1. The van der Waals surface area contributed by atoms with E-state index in [1.165, 1.54) is 57.8 Å². The fourth-order valence-electron chi connectivity index (χ4n) is 3.21. The molecule has 1 heteroatoms. The first kappa shape index (κ1) is 9.83. The molecule has 0 radical (unpaired) electrons. The fraction of sp³-hybridized carbons (Fsp3) is 1.00. The van der Waals surface area contributed by atoms with Gasteiger partial charge in [0.1, 0.15) is 0 Å². The molecule has 0 amide bonds. The summed E-state index contributed by atoms with van der Waals surface area (Å²) in [7, 11) is 0. The molecule has 0 heterocycles. The molecule has 2 saturated carbocycles. The lowest BCUT2D eigenvalue weighted by Gasteiger charge is -2.24. The second kappa shape index (κ2) is 4.68. The monoisotopic (exact) mass is 200 g/mol. The Kier molecular flexibility index (Phi) is 3.54. The van der Waals surface area contributed by atoms with E-state index in [4.69, 9.17) is 11.6 Å². The Bertz CT molecular complexity index is 147. The van der Waals surface area contributed by atoms with E-state index in [1.54, 1.807) is 0 Å². The van der Waals surface area contributed by atoms with E-state index in [0.717, 1.165) is 11.8 Å². The number of alkyl halides is 1. The normalized spacial score (nSPS) is 37.6. The molecule has 0 N–H and O–H groups in total. The lowest BCUT2D eigenvalue weighted by atomic mass is 9.85. The second-order valence-electron chi connectivity index (χ2n) is 4.86. The van der Waals surface area contributed by atoms with Crippen LogP contribution in [0.3, 0.4) is 0 Å². The van der Waals surface area contributed by atoms with E-state index < -0.39 is 0 Å². The Labute approximate surface area is 87.0 Å². The van der Waals surface area contributed by atoms with Crippen LogP contribution in [0.4, 0.5) is 0 Å². The summed E-state index contributed by atoms with van der Waals surface area (Å²) in [5, 5.41) is 0.517. The van der Waals surface area contributed by atoms with Crippen molar-refractivity contribution in [1.82, 2.24) is 0 Å². The van der Waals surface area contributed by atoms with Gasteiger partial charge in [0.2, 0.25) is 0 Å². The van der Waals surface area contributed by atoms with Crippen LogP contribution < -0.4 is 0 Å². The summed E-state index contributed by atoms with van der Waals surface area (Å²) in [6, 6.07) is 0. The molecule has 0 spiro atoms. The number of hydrogen-bond donors (Lipinski definition) is 0. The first-order valence-electron chi connectivity index (χ1n) is 6.02. The molecule has 0 aromatic rings. The highest BCUT2D eigenvalue weighted by atomic mass is 35.5. The van der Waals surface area contributed by atoms with Gasteiger partial charge >= 0.3 is 0 Å². The van der Waals surface area contributed by atoms with Gasteiger partial charge in [0.25, 0.3) is 0 Å². The van der Waals surface area contributed by atoms with Crippen molar-refractivity contribution in [3.05, 3.63) is 0 Å². The maximum atomic E-state index is 6.36. The molecule has 0 nitrogen and oxygen atoms in total. The summed E-state index contributed by atoms with van der Waals surface area (Å²) in [6.07, 6.45) is 12.9. The smallest absolute Gasteiger partial charge is 0.0366 e. The Balaban J connectivity index is 1.89. The molecule has 13 heavy (non-hydrogen) atoms. The van der Waals surface area contributed by atoms with Crippen LogP contribution in [0.15, 0.2) is 0 Å². The molecule has 0 aromatic heterocycles. The molecule has 0 aromatic carbocycles. The lowest BCUT2D eigenvalue weighted by molar-refractivity contribution is 0.307. The van der Waals surface area contributed by atoms with Gasteiger partial charge in [-0.05, 0) is 24.7 Å². The van der Waals surface area contributed by atoms with Gasteiger partial charge in [-0.15, -0.1) is 11.6 Å². The Morgan fingerprint density at radius 1 is 0.692 bits per heavy atom. The number of halogens is 1. The van der Waals surface area contributed by atoms with E-state index in [-0.39, 0.29) is 0 Å². The van der Waals surface area contributed by atoms with Crippen molar-refractivity contribution in [2.24, 2.45) is 11.8 Å². The van der Waals surface area contributed by atoms with E-state index in [9.17, 15) is 0 Å². The van der Waals surface area contributed by atoms with Crippen LogP contribution in [0, 0.1) is 11.8 Å². The summed E-state index contributed by atoms with van der Waals surface area (Å²) >= 11 is 6.36. The largest absolute Gasteiger partial charge is 0.123 e. The average Bonchev–Trinajstić information content (AvgIpc) is 2.43. The van der Waals surface area contributed by atoms with Crippen molar-refractivity contribution in [3.8, 4) is 0 Å². The maximum absolute atomic E-state index is 6.36. The van der Waals surface area contributed by atoms with Crippen LogP contribution in [0.2, 0.25) is 0 Å². The van der Waals surface area contributed by atoms with Gasteiger partial charge in [-0.3, -0.25) is 0 Å². The van der Waals surface area contributed by atoms with E-state index >= 15 is 0 Å². The summed E-state index contributed by atoms with van der Waals surface area (Å²) in [6.45, 7) is 0. The molecule has 0 bridgehead atoms. The van der Waals surface area contributed by atoms with Crippen LogP contribution >= 0.6 is 11.6 Å². The van der Waals surface area contributed by atoms with Gasteiger partial charge in [-0.2, -0.15) is 0 Å². The maximum Gasteiger partial charge on any atom is 0.0366 e. The zero-order valence-corrected chi connectivity index (χ0v) is 9.23. The first-order chi connectivity index (χ1) is 6.38. The minimum atomic E-state index is 0.517. The van der Waals surface area contributed by atoms with Gasteiger partial charge in [0.05, 0.1) is 0 Å². The fourth-order valence-corrected chi connectivity index (χ4v) is 3.70. The SMILES string of the molecule is ClC1CCCC1C1CCCCCC1. The highest BCUT2D eigenvalue weighted by Crippen LogP contribution is 2.41. The summed E-state index contributed by atoms with van der Waals surface area (Å²) < 4.78 is 0. The zero-order chi connectivity index (χ0) is 9.10.